The minimum Gasteiger partial charge on any atom is -0.369 e. The fourth-order valence-electron chi connectivity index (χ4n) is 3.24. The lowest BCUT2D eigenvalue weighted by Crippen LogP contribution is -2.47. The smallest absolute Gasteiger partial charge is 0.221 e. The molecule has 1 fully saturated rings. The van der Waals surface area contributed by atoms with Gasteiger partial charge < -0.3 is 10.2 Å². The van der Waals surface area contributed by atoms with Crippen molar-refractivity contribution in [3.63, 3.8) is 0 Å². The molecular formula is C21H27N3O. The maximum atomic E-state index is 12.1. The lowest BCUT2D eigenvalue weighted by Gasteiger charge is -2.36. The molecule has 0 radical (unpaired) electrons. The second-order valence-corrected chi connectivity index (χ2v) is 6.68. The highest BCUT2D eigenvalue weighted by Crippen LogP contribution is 2.15. The molecule has 4 heteroatoms. The molecule has 0 aliphatic carbocycles. The fourth-order valence-corrected chi connectivity index (χ4v) is 3.24. The Hall–Kier alpha value is -2.33. The monoisotopic (exact) mass is 337 g/mol. The van der Waals surface area contributed by atoms with Crippen LogP contribution in [0.3, 0.4) is 0 Å². The summed E-state index contributed by atoms with van der Waals surface area (Å²) < 4.78 is 0. The molecule has 1 amide bonds. The Bertz CT molecular complexity index is 679. The number of para-hydroxylation sites is 1. The van der Waals surface area contributed by atoms with Crippen LogP contribution in [-0.4, -0.2) is 43.5 Å². The van der Waals surface area contributed by atoms with E-state index in [9.17, 15) is 4.79 Å². The van der Waals surface area contributed by atoms with Crippen molar-refractivity contribution in [3.8, 4) is 0 Å². The van der Waals surface area contributed by atoms with Crippen molar-refractivity contribution < 1.29 is 4.79 Å². The van der Waals surface area contributed by atoms with E-state index in [1.165, 1.54) is 11.3 Å². The van der Waals surface area contributed by atoms with Crippen molar-refractivity contribution in [2.24, 2.45) is 0 Å². The van der Waals surface area contributed by atoms with E-state index in [1.54, 1.807) is 0 Å². The molecule has 25 heavy (non-hydrogen) atoms. The summed E-state index contributed by atoms with van der Waals surface area (Å²) in [6.07, 6.45) is 0.567. The van der Waals surface area contributed by atoms with Gasteiger partial charge in [-0.1, -0.05) is 48.0 Å². The minimum atomic E-state index is 0.131. The topological polar surface area (TPSA) is 35.6 Å². The second-order valence-electron chi connectivity index (χ2n) is 6.68. The van der Waals surface area contributed by atoms with Crippen molar-refractivity contribution in [1.82, 2.24) is 10.2 Å². The van der Waals surface area contributed by atoms with Crippen molar-refractivity contribution in [2.45, 2.75) is 19.9 Å². The Morgan fingerprint density at radius 2 is 1.76 bits per heavy atom. The van der Waals surface area contributed by atoms with Crippen LogP contribution in [0.5, 0.6) is 0 Å². The highest BCUT2D eigenvalue weighted by Gasteiger charge is 2.17. The zero-order valence-electron chi connectivity index (χ0n) is 14.9. The lowest BCUT2D eigenvalue weighted by atomic mass is 10.1. The Balaban J connectivity index is 1.36. The zero-order chi connectivity index (χ0) is 17.5. The molecule has 1 saturated heterocycles. The van der Waals surface area contributed by atoms with Crippen LogP contribution in [-0.2, 0) is 11.3 Å². The van der Waals surface area contributed by atoms with E-state index in [0.29, 0.717) is 13.0 Å². The van der Waals surface area contributed by atoms with Gasteiger partial charge in [0.2, 0.25) is 5.91 Å². The summed E-state index contributed by atoms with van der Waals surface area (Å²) >= 11 is 0. The van der Waals surface area contributed by atoms with Crippen molar-refractivity contribution in [3.05, 3.63) is 65.7 Å². The standard InChI is InChI=1S/C21H27N3O/c1-18-6-5-7-19(16-18)17-22-21(25)10-11-23-12-14-24(15-13-23)20-8-3-2-4-9-20/h2-9,16H,10-15,17H2,1H3,(H,22,25). The van der Waals surface area contributed by atoms with Gasteiger partial charge in [0, 0.05) is 51.4 Å². The predicted molar refractivity (Wildman–Crippen MR) is 103 cm³/mol. The van der Waals surface area contributed by atoms with Gasteiger partial charge in [-0.05, 0) is 24.6 Å². The van der Waals surface area contributed by atoms with Crippen LogP contribution in [0.15, 0.2) is 54.6 Å². The highest BCUT2D eigenvalue weighted by molar-refractivity contribution is 5.76. The molecule has 2 aromatic carbocycles. The number of rotatable bonds is 6. The van der Waals surface area contributed by atoms with Gasteiger partial charge >= 0.3 is 0 Å². The van der Waals surface area contributed by atoms with Crippen LogP contribution in [0.1, 0.15) is 17.5 Å². The Labute approximate surface area is 150 Å². The van der Waals surface area contributed by atoms with Crippen LogP contribution < -0.4 is 10.2 Å². The van der Waals surface area contributed by atoms with Gasteiger partial charge in [-0.3, -0.25) is 9.69 Å². The van der Waals surface area contributed by atoms with Gasteiger partial charge in [0.1, 0.15) is 0 Å². The summed E-state index contributed by atoms with van der Waals surface area (Å²) in [6.45, 7) is 7.59. The summed E-state index contributed by atoms with van der Waals surface area (Å²) in [4.78, 5) is 16.9. The molecule has 132 valence electrons. The molecule has 3 rings (SSSR count). The first-order valence-corrected chi connectivity index (χ1v) is 9.05. The van der Waals surface area contributed by atoms with E-state index in [-0.39, 0.29) is 5.91 Å². The largest absolute Gasteiger partial charge is 0.369 e. The third-order valence-corrected chi connectivity index (χ3v) is 4.72. The zero-order valence-corrected chi connectivity index (χ0v) is 14.9. The Morgan fingerprint density at radius 3 is 2.48 bits per heavy atom. The summed E-state index contributed by atoms with van der Waals surface area (Å²) in [6, 6.07) is 18.8. The number of amides is 1. The van der Waals surface area contributed by atoms with Crippen molar-refractivity contribution >= 4 is 11.6 Å². The quantitative estimate of drug-likeness (QED) is 0.880. The second kappa shape index (κ2) is 8.67. The van der Waals surface area contributed by atoms with E-state index in [1.807, 2.05) is 6.07 Å². The average molecular weight is 337 g/mol. The summed E-state index contributed by atoms with van der Waals surface area (Å²) in [5.74, 6) is 0.131. The number of hydrogen-bond donors (Lipinski definition) is 1. The number of aryl methyl sites for hydroxylation is 1. The molecule has 0 spiro atoms. The molecule has 2 aromatic rings. The molecule has 1 aliphatic heterocycles. The minimum absolute atomic E-state index is 0.131. The summed E-state index contributed by atoms with van der Waals surface area (Å²) in [5.41, 5.74) is 3.67. The molecule has 0 aromatic heterocycles. The predicted octanol–water partition coefficient (Wildman–Crippen LogP) is 2.82. The molecule has 0 unspecified atom stereocenters. The van der Waals surface area contributed by atoms with Crippen molar-refractivity contribution in [1.29, 1.82) is 0 Å². The molecule has 0 atom stereocenters. The summed E-state index contributed by atoms with van der Waals surface area (Å²) in [5, 5.41) is 3.02. The van der Waals surface area contributed by atoms with Crippen LogP contribution >= 0.6 is 0 Å². The number of benzene rings is 2. The maximum absolute atomic E-state index is 12.1. The molecule has 1 aliphatic rings. The highest BCUT2D eigenvalue weighted by atomic mass is 16.1. The number of hydrogen-bond acceptors (Lipinski definition) is 3. The van der Waals surface area contributed by atoms with Crippen LogP contribution in [0, 0.1) is 6.92 Å². The van der Waals surface area contributed by atoms with E-state index < -0.39 is 0 Å². The summed E-state index contributed by atoms with van der Waals surface area (Å²) in [7, 11) is 0. The number of nitrogens with zero attached hydrogens (tertiary/aromatic N) is 2. The maximum Gasteiger partial charge on any atom is 0.221 e. The first-order valence-electron chi connectivity index (χ1n) is 9.05. The number of nitrogens with one attached hydrogen (secondary N) is 1. The van der Waals surface area contributed by atoms with Gasteiger partial charge in [-0.2, -0.15) is 0 Å². The van der Waals surface area contributed by atoms with Crippen molar-refractivity contribution in [2.75, 3.05) is 37.6 Å². The van der Waals surface area contributed by atoms with E-state index in [2.05, 4.69) is 70.6 Å². The Morgan fingerprint density at radius 1 is 1.00 bits per heavy atom. The van der Waals surface area contributed by atoms with Gasteiger partial charge in [0.05, 0.1) is 0 Å². The lowest BCUT2D eigenvalue weighted by molar-refractivity contribution is -0.121. The molecule has 4 nitrogen and oxygen atoms in total. The number of piperazine rings is 1. The van der Waals surface area contributed by atoms with Gasteiger partial charge in [0.25, 0.3) is 0 Å². The number of anilines is 1. The van der Waals surface area contributed by atoms with Crippen LogP contribution in [0.4, 0.5) is 5.69 Å². The normalized spacial score (nSPS) is 15.2. The molecule has 1 heterocycles. The Kier molecular flexibility index (Phi) is 6.07. The van der Waals surface area contributed by atoms with Gasteiger partial charge in [0.15, 0.2) is 0 Å². The van der Waals surface area contributed by atoms with E-state index in [4.69, 9.17) is 0 Å². The molecular weight excluding hydrogens is 310 g/mol. The molecule has 1 N–H and O–H groups in total. The SMILES string of the molecule is Cc1cccc(CNC(=O)CCN2CCN(c3ccccc3)CC2)c1. The number of carbonyl (C=O) groups excluding carboxylic acids is 1. The third kappa shape index (κ3) is 5.33. The van der Waals surface area contributed by atoms with Gasteiger partial charge in [-0.25, -0.2) is 0 Å². The van der Waals surface area contributed by atoms with E-state index >= 15 is 0 Å². The first kappa shape index (κ1) is 17.5. The van der Waals surface area contributed by atoms with Crippen LogP contribution in [0.25, 0.3) is 0 Å². The molecule has 0 saturated carbocycles. The van der Waals surface area contributed by atoms with Crippen LogP contribution in [0.2, 0.25) is 0 Å². The third-order valence-electron chi connectivity index (χ3n) is 4.72. The van der Waals surface area contributed by atoms with E-state index in [0.717, 1.165) is 38.3 Å². The fraction of sp³-hybridized carbons (Fsp3) is 0.381. The average Bonchev–Trinajstić information content (AvgIpc) is 2.66. The van der Waals surface area contributed by atoms with Gasteiger partial charge in [-0.15, -0.1) is 0 Å². The molecule has 0 bridgehead atoms. The first-order chi connectivity index (χ1) is 12.2. The number of carbonyl (C=O) groups is 1.